The summed E-state index contributed by atoms with van der Waals surface area (Å²) >= 11 is 0. The number of hydrogen-bond acceptors (Lipinski definition) is 3. The van der Waals surface area contributed by atoms with Crippen LogP contribution in [-0.4, -0.2) is 29.9 Å². The van der Waals surface area contributed by atoms with Crippen LogP contribution in [0.4, 0.5) is 0 Å². The second kappa shape index (κ2) is 6.59. The van der Waals surface area contributed by atoms with Gasteiger partial charge in [-0.15, -0.1) is 0 Å². The monoisotopic (exact) mass is 277 g/mol. The van der Waals surface area contributed by atoms with Crippen molar-refractivity contribution in [1.29, 1.82) is 0 Å². The first kappa shape index (κ1) is 15.3. The molecule has 3 nitrogen and oxygen atoms in total. The molecule has 2 N–H and O–H groups in total. The first-order valence-corrected chi connectivity index (χ1v) is 7.68. The zero-order valence-electron chi connectivity index (χ0n) is 12.9. The first-order chi connectivity index (χ1) is 9.57. The van der Waals surface area contributed by atoms with E-state index in [2.05, 4.69) is 44.3 Å². The summed E-state index contributed by atoms with van der Waals surface area (Å²) in [5, 5.41) is 13.2. The maximum absolute atomic E-state index is 9.70. The summed E-state index contributed by atoms with van der Waals surface area (Å²) in [6, 6.07) is 6.33. The van der Waals surface area contributed by atoms with Gasteiger partial charge in [0.2, 0.25) is 0 Å². The van der Waals surface area contributed by atoms with Gasteiger partial charge in [-0.1, -0.05) is 13.0 Å². The third kappa shape index (κ3) is 3.74. The van der Waals surface area contributed by atoms with Gasteiger partial charge < -0.3 is 15.2 Å². The van der Waals surface area contributed by atoms with E-state index in [1.807, 2.05) is 0 Å². The molecule has 2 atom stereocenters. The van der Waals surface area contributed by atoms with Gasteiger partial charge >= 0.3 is 0 Å². The van der Waals surface area contributed by atoms with Gasteiger partial charge in [0.25, 0.3) is 0 Å². The fraction of sp³-hybridized carbons (Fsp3) is 0.647. The summed E-state index contributed by atoms with van der Waals surface area (Å²) in [6.07, 6.45) is 4.16. The molecular weight excluding hydrogens is 250 g/mol. The van der Waals surface area contributed by atoms with Crippen molar-refractivity contribution in [2.45, 2.75) is 58.1 Å². The van der Waals surface area contributed by atoms with Crippen molar-refractivity contribution in [3.8, 4) is 5.75 Å². The number of hydrogen-bond donors (Lipinski definition) is 2. The van der Waals surface area contributed by atoms with Crippen LogP contribution in [-0.2, 0) is 0 Å². The van der Waals surface area contributed by atoms with Crippen molar-refractivity contribution in [2.24, 2.45) is 0 Å². The Balaban J connectivity index is 1.98. The van der Waals surface area contributed by atoms with Crippen LogP contribution < -0.4 is 10.1 Å². The molecule has 20 heavy (non-hydrogen) atoms. The van der Waals surface area contributed by atoms with Gasteiger partial charge in [-0.2, -0.15) is 0 Å². The minimum Gasteiger partial charge on any atom is -0.490 e. The lowest BCUT2D eigenvalue weighted by Crippen LogP contribution is -2.47. The molecule has 0 aliphatic heterocycles. The molecule has 0 heterocycles. The molecule has 112 valence electrons. The number of rotatable bonds is 6. The lowest BCUT2D eigenvalue weighted by Gasteiger charge is -2.28. The van der Waals surface area contributed by atoms with Crippen LogP contribution in [0.5, 0.6) is 5.75 Å². The smallest absolute Gasteiger partial charge is 0.120 e. The Bertz CT molecular complexity index is 426. The average Bonchev–Trinajstić information content (AvgIpc) is 2.79. The number of aliphatic hydroxyl groups is 1. The molecule has 0 aromatic heterocycles. The normalized spacial score (nSPS) is 25.9. The van der Waals surface area contributed by atoms with Crippen LogP contribution in [0.1, 0.15) is 43.7 Å². The van der Waals surface area contributed by atoms with Crippen LogP contribution >= 0.6 is 0 Å². The number of aliphatic hydroxyl groups excluding tert-OH is 1. The molecule has 0 bridgehead atoms. The molecule has 1 aromatic rings. The summed E-state index contributed by atoms with van der Waals surface area (Å²) in [7, 11) is 0. The predicted molar refractivity (Wildman–Crippen MR) is 82.3 cm³/mol. The van der Waals surface area contributed by atoms with E-state index in [1.54, 1.807) is 0 Å². The highest BCUT2D eigenvalue weighted by Gasteiger charge is 2.39. The molecule has 2 rings (SSSR count). The maximum atomic E-state index is 9.70. The van der Waals surface area contributed by atoms with Crippen molar-refractivity contribution >= 4 is 0 Å². The summed E-state index contributed by atoms with van der Waals surface area (Å²) in [5.74, 6) is 0.955. The standard InChI is InChI=1S/C17H27NO2/c1-4-7-18-17(12-19)6-5-15(11-17)20-16-9-13(2)8-14(3)10-16/h8-10,15,18-19H,4-7,11-12H2,1-3H3. The van der Waals surface area contributed by atoms with E-state index in [0.29, 0.717) is 0 Å². The Labute approximate surface area is 122 Å². The highest BCUT2D eigenvalue weighted by atomic mass is 16.5. The van der Waals surface area contributed by atoms with Gasteiger partial charge in [0.15, 0.2) is 0 Å². The summed E-state index contributed by atoms with van der Waals surface area (Å²) in [4.78, 5) is 0. The van der Waals surface area contributed by atoms with Crippen LogP contribution in [0.2, 0.25) is 0 Å². The lowest BCUT2D eigenvalue weighted by molar-refractivity contribution is 0.140. The fourth-order valence-electron chi connectivity index (χ4n) is 3.12. The Morgan fingerprint density at radius 2 is 2.00 bits per heavy atom. The van der Waals surface area contributed by atoms with E-state index in [1.165, 1.54) is 11.1 Å². The van der Waals surface area contributed by atoms with Crippen molar-refractivity contribution in [1.82, 2.24) is 5.32 Å². The van der Waals surface area contributed by atoms with E-state index in [0.717, 1.165) is 38.0 Å². The molecule has 1 aliphatic carbocycles. The molecular formula is C17H27NO2. The Morgan fingerprint density at radius 3 is 2.60 bits per heavy atom. The van der Waals surface area contributed by atoms with Gasteiger partial charge in [-0.05, 0) is 62.9 Å². The number of benzene rings is 1. The third-order valence-corrected chi connectivity index (χ3v) is 4.11. The molecule has 0 saturated heterocycles. The molecule has 0 radical (unpaired) electrons. The summed E-state index contributed by atoms with van der Waals surface area (Å²) in [6.45, 7) is 7.48. The molecule has 0 amide bonds. The number of nitrogens with one attached hydrogen (secondary N) is 1. The molecule has 1 aliphatic rings. The Kier molecular flexibility index (Phi) is 5.06. The Morgan fingerprint density at radius 1 is 1.30 bits per heavy atom. The fourth-order valence-corrected chi connectivity index (χ4v) is 3.12. The lowest BCUT2D eigenvalue weighted by atomic mass is 9.98. The van der Waals surface area contributed by atoms with Gasteiger partial charge in [0, 0.05) is 12.0 Å². The molecule has 2 unspecified atom stereocenters. The molecule has 1 saturated carbocycles. The van der Waals surface area contributed by atoms with E-state index < -0.39 is 0 Å². The van der Waals surface area contributed by atoms with Crippen LogP contribution in [0.15, 0.2) is 18.2 Å². The first-order valence-electron chi connectivity index (χ1n) is 7.68. The zero-order valence-corrected chi connectivity index (χ0v) is 12.9. The van der Waals surface area contributed by atoms with Crippen molar-refractivity contribution < 1.29 is 9.84 Å². The van der Waals surface area contributed by atoms with E-state index in [9.17, 15) is 5.11 Å². The van der Waals surface area contributed by atoms with E-state index in [-0.39, 0.29) is 18.2 Å². The summed E-state index contributed by atoms with van der Waals surface area (Å²) in [5.41, 5.74) is 2.32. The molecule has 3 heteroatoms. The number of aryl methyl sites for hydroxylation is 2. The van der Waals surface area contributed by atoms with Crippen LogP contribution in [0.25, 0.3) is 0 Å². The van der Waals surface area contributed by atoms with Gasteiger partial charge in [0.1, 0.15) is 11.9 Å². The second-order valence-corrected chi connectivity index (χ2v) is 6.17. The van der Waals surface area contributed by atoms with E-state index >= 15 is 0 Å². The minimum absolute atomic E-state index is 0.139. The zero-order chi connectivity index (χ0) is 14.6. The van der Waals surface area contributed by atoms with Crippen molar-refractivity contribution in [3.63, 3.8) is 0 Å². The third-order valence-electron chi connectivity index (χ3n) is 4.11. The highest BCUT2D eigenvalue weighted by Crippen LogP contribution is 2.33. The SMILES string of the molecule is CCCNC1(CO)CCC(Oc2cc(C)cc(C)c2)C1. The van der Waals surface area contributed by atoms with Crippen molar-refractivity contribution in [2.75, 3.05) is 13.2 Å². The van der Waals surface area contributed by atoms with Gasteiger partial charge in [-0.25, -0.2) is 0 Å². The molecule has 0 spiro atoms. The van der Waals surface area contributed by atoms with E-state index in [4.69, 9.17) is 4.74 Å². The minimum atomic E-state index is -0.139. The van der Waals surface area contributed by atoms with Crippen LogP contribution in [0.3, 0.4) is 0 Å². The molecule has 1 aromatic carbocycles. The predicted octanol–water partition coefficient (Wildman–Crippen LogP) is 2.97. The van der Waals surface area contributed by atoms with Crippen LogP contribution in [0, 0.1) is 13.8 Å². The van der Waals surface area contributed by atoms with Crippen molar-refractivity contribution in [3.05, 3.63) is 29.3 Å². The second-order valence-electron chi connectivity index (χ2n) is 6.17. The highest BCUT2D eigenvalue weighted by molar-refractivity contribution is 5.33. The Hall–Kier alpha value is -1.06. The van der Waals surface area contributed by atoms with Gasteiger partial charge in [-0.3, -0.25) is 0 Å². The topological polar surface area (TPSA) is 41.5 Å². The quantitative estimate of drug-likeness (QED) is 0.840. The maximum Gasteiger partial charge on any atom is 0.120 e. The average molecular weight is 277 g/mol. The number of ether oxygens (including phenoxy) is 1. The summed E-state index contributed by atoms with van der Waals surface area (Å²) < 4.78 is 6.12. The largest absolute Gasteiger partial charge is 0.490 e. The van der Waals surface area contributed by atoms with Gasteiger partial charge in [0.05, 0.1) is 6.61 Å². The molecule has 1 fully saturated rings.